The molecule has 0 saturated heterocycles. The lowest BCUT2D eigenvalue weighted by Gasteiger charge is -2.15. The van der Waals surface area contributed by atoms with E-state index in [9.17, 15) is 13.2 Å². The average molecular weight is 413 g/mol. The molecule has 3 aromatic rings. The maximum atomic E-state index is 10.6. The van der Waals surface area contributed by atoms with Gasteiger partial charge in [-0.15, -0.1) is 11.3 Å². The molecule has 0 unspecified atom stereocenters. The maximum absolute atomic E-state index is 10.6. The summed E-state index contributed by atoms with van der Waals surface area (Å²) < 4.78 is 31.7. The number of halogens is 3. The van der Waals surface area contributed by atoms with Gasteiger partial charge in [0.05, 0.1) is 10.7 Å². The van der Waals surface area contributed by atoms with Crippen LogP contribution in [0.4, 0.5) is 13.2 Å². The van der Waals surface area contributed by atoms with Crippen LogP contribution in [0.3, 0.4) is 0 Å². The second kappa shape index (κ2) is 9.42. The number of benzene rings is 1. The van der Waals surface area contributed by atoms with Gasteiger partial charge in [0.25, 0.3) is 0 Å². The van der Waals surface area contributed by atoms with Crippen molar-refractivity contribution in [3.05, 3.63) is 52.2 Å². The van der Waals surface area contributed by atoms with Crippen LogP contribution in [0.5, 0.6) is 0 Å². The van der Waals surface area contributed by atoms with E-state index in [0.29, 0.717) is 0 Å². The van der Waals surface area contributed by atoms with Crippen LogP contribution >= 0.6 is 11.3 Å². The minimum absolute atomic E-state index is 0.801. The highest BCUT2D eigenvalue weighted by molar-refractivity contribution is 7.09. The first-order valence-electron chi connectivity index (χ1n) is 7.99. The van der Waals surface area contributed by atoms with Crippen LogP contribution in [0.25, 0.3) is 11.4 Å². The molecule has 0 radical (unpaired) electrons. The van der Waals surface area contributed by atoms with Crippen molar-refractivity contribution in [1.29, 1.82) is 0 Å². The smallest absolute Gasteiger partial charge is 0.475 e. The third kappa shape index (κ3) is 6.74. The Morgan fingerprint density at radius 1 is 1.32 bits per heavy atom. The third-order valence-electron chi connectivity index (χ3n) is 3.41. The van der Waals surface area contributed by atoms with E-state index in [1.807, 2.05) is 19.1 Å². The number of carbonyl (C=O) groups is 1. The molecule has 0 atom stereocenters. The Kier molecular flexibility index (Phi) is 7.24. The molecule has 0 saturated carbocycles. The molecule has 2 aromatic heterocycles. The van der Waals surface area contributed by atoms with E-state index >= 15 is 0 Å². The summed E-state index contributed by atoms with van der Waals surface area (Å²) in [5, 5.41) is 17.2. The number of hydrogen-bond acceptors (Lipinski definition) is 6. The second-order valence-corrected chi connectivity index (χ2v) is 6.93. The molecular formula is C17H18F3N5O2S. The molecule has 0 aliphatic heterocycles. The molecule has 150 valence electrons. The molecule has 0 aliphatic carbocycles. The zero-order valence-corrected chi connectivity index (χ0v) is 15.9. The Hall–Kier alpha value is -2.79. The minimum atomic E-state index is -5.08. The van der Waals surface area contributed by atoms with E-state index in [1.54, 1.807) is 11.3 Å². The van der Waals surface area contributed by atoms with Gasteiger partial charge in [-0.25, -0.2) is 14.8 Å². The lowest BCUT2D eigenvalue weighted by atomic mass is 10.1. The molecule has 0 fully saturated rings. The van der Waals surface area contributed by atoms with E-state index in [4.69, 9.17) is 9.90 Å². The van der Waals surface area contributed by atoms with Crippen LogP contribution in [-0.4, -0.2) is 49.4 Å². The monoisotopic (exact) mass is 413 g/mol. The molecule has 3 rings (SSSR count). The molecule has 0 spiro atoms. The van der Waals surface area contributed by atoms with Gasteiger partial charge in [-0.2, -0.15) is 18.3 Å². The second-order valence-electron chi connectivity index (χ2n) is 5.87. The number of nitrogens with zero attached hydrogens (tertiary/aromatic N) is 4. The van der Waals surface area contributed by atoms with Gasteiger partial charge >= 0.3 is 12.1 Å². The van der Waals surface area contributed by atoms with Crippen molar-refractivity contribution in [1.82, 2.24) is 25.1 Å². The highest BCUT2D eigenvalue weighted by Crippen LogP contribution is 2.17. The van der Waals surface area contributed by atoms with E-state index in [-0.39, 0.29) is 0 Å². The van der Waals surface area contributed by atoms with Crippen LogP contribution < -0.4 is 0 Å². The number of carboxylic acids is 1. The Balaban J connectivity index is 0.000000345. The topological polar surface area (TPSA) is 95.0 Å². The van der Waals surface area contributed by atoms with Crippen molar-refractivity contribution in [3.63, 3.8) is 0 Å². The summed E-state index contributed by atoms with van der Waals surface area (Å²) in [5.74, 6) is -1.96. The lowest BCUT2D eigenvalue weighted by Crippen LogP contribution is -2.21. The third-order valence-corrected chi connectivity index (χ3v) is 4.23. The standard InChI is InChI=1S/C15H17N5S.C2HF3O2/c1-11-18-14(9-21-11)8-20(2)7-12-4-3-5-13(6-12)15-16-10-17-19-15;3-2(4,5)1(6)7/h3-6,9-10H,7-8H2,1-2H3,(H,16,17,19);(H,6,7). The first-order chi connectivity index (χ1) is 13.1. The number of aryl methyl sites for hydroxylation is 1. The molecule has 0 aliphatic rings. The first kappa shape index (κ1) is 21.5. The summed E-state index contributed by atoms with van der Waals surface area (Å²) in [6, 6.07) is 8.35. The molecule has 2 heterocycles. The Labute approximate surface area is 162 Å². The Morgan fingerprint density at radius 3 is 2.57 bits per heavy atom. The van der Waals surface area contributed by atoms with Gasteiger partial charge in [-0.3, -0.25) is 10.00 Å². The molecule has 0 bridgehead atoms. The fourth-order valence-corrected chi connectivity index (χ4v) is 2.89. The zero-order chi connectivity index (χ0) is 20.7. The molecule has 28 heavy (non-hydrogen) atoms. The number of aromatic amines is 1. The van der Waals surface area contributed by atoms with Crippen LogP contribution in [-0.2, 0) is 17.9 Å². The number of nitrogens with one attached hydrogen (secondary N) is 1. The van der Waals surface area contributed by atoms with Crippen molar-refractivity contribution < 1.29 is 23.1 Å². The van der Waals surface area contributed by atoms with Crippen molar-refractivity contribution in [2.45, 2.75) is 26.2 Å². The predicted octanol–water partition coefficient (Wildman–Crippen LogP) is 3.50. The van der Waals surface area contributed by atoms with Crippen LogP contribution in [0.15, 0.2) is 36.0 Å². The van der Waals surface area contributed by atoms with E-state index < -0.39 is 12.1 Å². The number of H-pyrrole nitrogens is 1. The van der Waals surface area contributed by atoms with E-state index in [1.165, 1.54) is 11.9 Å². The van der Waals surface area contributed by atoms with Crippen LogP contribution in [0, 0.1) is 6.92 Å². The quantitative estimate of drug-likeness (QED) is 0.665. The van der Waals surface area contributed by atoms with E-state index in [2.05, 4.69) is 49.6 Å². The normalized spacial score (nSPS) is 11.2. The first-order valence-corrected chi connectivity index (χ1v) is 8.87. The molecule has 1 aromatic carbocycles. The molecule has 11 heteroatoms. The van der Waals surface area contributed by atoms with Crippen molar-refractivity contribution in [2.24, 2.45) is 0 Å². The fraction of sp³-hybridized carbons (Fsp3) is 0.294. The van der Waals surface area contributed by atoms with Crippen molar-refractivity contribution in [3.8, 4) is 11.4 Å². The number of aliphatic carboxylic acids is 1. The minimum Gasteiger partial charge on any atom is -0.475 e. The van der Waals surface area contributed by atoms with Crippen molar-refractivity contribution in [2.75, 3.05) is 7.05 Å². The van der Waals surface area contributed by atoms with Gasteiger partial charge in [-0.05, 0) is 25.6 Å². The summed E-state index contributed by atoms with van der Waals surface area (Å²) in [6.45, 7) is 3.77. The SMILES string of the molecule is Cc1nc(CN(C)Cc2cccc(-c3ncn[nH]3)c2)cs1.O=C(O)C(F)(F)F. The van der Waals surface area contributed by atoms with Gasteiger partial charge < -0.3 is 5.11 Å². The summed E-state index contributed by atoms with van der Waals surface area (Å²) in [4.78, 5) is 19.8. The Bertz CT molecular complexity index is 896. The molecule has 0 amide bonds. The van der Waals surface area contributed by atoms with Crippen LogP contribution in [0.1, 0.15) is 16.3 Å². The molecular weight excluding hydrogens is 395 g/mol. The summed E-state index contributed by atoms with van der Waals surface area (Å²) in [6.07, 6.45) is -3.56. The number of rotatable bonds is 5. The lowest BCUT2D eigenvalue weighted by molar-refractivity contribution is -0.192. The number of carboxylic acid groups (broad SMARTS) is 1. The maximum Gasteiger partial charge on any atom is 0.490 e. The Morgan fingerprint density at radius 2 is 2.04 bits per heavy atom. The van der Waals surface area contributed by atoms with Gasteiger partial charge in [0.1, 0.15) is 6.33 Å². The number of alkyl halides is 3. The van der Waals surface area contributed by atoms with Gasteiger partial charge in [-0.1, -0.05) is 18.2 Å². The summed E-state index contributed by atoms with van der Waals surface area (Å²) in [7, 11) is 2.11. The summed E-state index contributed by atoms with van der Waals surface area (Å²) >= 11 is 1.70. The molecule has 2 N–H and O–H groups in total. The summed E-state index contributed by atoms with van der Waals surface area (Å²) in [5.41, 5.74) is 3.44. The fourth-order valence-electron chi connectivity index (χ4n) is 2.29. The number of thiazole rings is 1. The van der Waals surface area contributed by atoms with Crippen LogP contribution in [0.2, 0.25) is 0 Å². The molecule has 7 nitrogen and oxygen atoms in total. The number of hydrogen-bond donors (Lipinski definition) is 2. The largest absolute Gasteiger partial charge is 0.490 e. The highest BCUT2D eigenvalue weighted by Gasteiger charge is 2.38. The zero-order valence-electron chi connectivity index (χ0n) is 15.1. The predicted molar refractivity (Wildman–Crippen MR) is 97.5 cm³/mol. The van der Waals surface area contributed by atoms with Gasteiger partial charge in [0.15, 0.2) is 5.82 Å². The highest BCUT2D eigenvalue weighted by atomic mass is 32.1. The number of aromatic nitrogens is 4. The van der Waals surface area contributed by atoms with Gasteiger partial charge in [0, 0.05) is 24.0 Å². The van der Waals surface area contributed by atoms with Crippen molar-refractivity contribution >= 4 is 17.3 Å². The average Bonchev–Trinajstić information content (AvgIpc) is 3.26. The van der Waals surface area contributed by atoms with E-state index in [0.717, 1.165) is 35.2 Å². The van der Waals surface area contributed by atoms with Gasteiger partial charge in [0.2, 0.25) is 0 Å².